The summed E-state index contributed by atoms with van der Waals surface area (Å²) < 4.78 is 18.5. The number of hydrogen-bond acceptors (Lipinski definition) is 4. The minimum Gasteiger partial charge on any atom is -0.444 e. The highest BCUT2D eigenvalue weighted by Gasteiger charge is 2.14. The van der Waals surface area contributed by atoms with Crippen molar-refractivity contribution in [3.63, 3.8) is 0 Å². The van der Waals surface area contributed by atoms with E-state index in [9.17, 15) is 9.18 Å². The Morgan fingerprint density at radius 3 is 2.48 bits per heavy atom. The molecule has 3 rings (SSSR count). The molecule has 0 saturated carbocycles. The standard InChI is InChI=1S/C19H18FN3O2/c20-16-8-6-15(7-9-16)19-22-17(13-25-19)11-23(12-18(21)24)10-14-4-2-1-3-5-14/h1-9,13H,10-12H2,(H2,21,24). The van der Waals surface area contributed by atoms with Crippen molar-refractivity contribution >= 4 is 5.91 Å². The van der Waals surface area contributed by atoms with Crippen molar-refractivity contribution in [2.45, 2.75) is 13.1 Å². The van der Waals surface area contributed by atoms with Crippen LogP contribution in [-0.4, -0.2) is 22.3 Å². The van der Waals surface area contributed by atoms with Gasteiger partial charge in [0.05, 0.1) is 12.2 Å². The molecule has 6 heteroatoms. The van der Waals surface area contributed by atoms with Crippen LogP contribution in [0.25, 0.3) is 11.5 Å². The number of oxazole rings is 1. The number of aromatic nitrogens is 1. The molecule has 0 saturated heterocycles. The Hall–Kier alpha value is -2.99. The second-order valence-electron chi connectivity index (χ2n) is 5.75. The highest BCUT2D eigenvalue weighted by Crippen LogP contribution is 2.20. The van der Waals surface area contributed by atoms with E-state index in [1.54, 1.807) is 12.1 Å². The number of carbonyl (C=O) groups excluding carboxylic acids is 1. The normalized spacial score (nSPS) is 11.0. The molecular weight excluding hydrogens is 321 g/mol. The number of primary amides is 1. The zero-order chi connectivity index (χ0) is 17.6. The predicted octanol–water partition coefficient (Wildman–Crippen LogP) is 2.97. The molecule has 1 heterocycles. The molecule has 0 bridgehead atoms. The molecule has 0 radical (unpaired) electrons. The Bertz CT molecular complexity index is 831. The minimum absolute atomic E-state index is 0.119. The van der Waals surface area contributed by atoms with Crippen LogP contribution in [0, 0.1) is 5.82 Å². The van der Waals surface area contributed by atoms with Gasteiger partial charge in [0.15, 0.2) is 0 Å². The molecule has 5 nitrogen and oxygen atoms in total. The fourth-order valence-corrected chi connectivity index (χ4v) is 2.56. The number of halogens is 1. The van der Waals surface area contributed by atoms with Gasteiger partial charge in [0, 0.05) is 18.7 Å². The number of amides is 1. The van der Waals surface area contributed by atoms with Gasteiger partial charge < -0.3 is 10.2 Å². The molecule has 2 aromatic carbocycles. The van der Waals surface area contributed by atoms with Gasteiger partial charge in [-0.15, -0.1) is 0 Å². The first-order chi connectivity index (χ1) is 12.1. The van der Waals surface area contributed by atoms with E-state index in [0.717, 1.165) is 5.56 Å². The largest absolute Gasteiger partial charge is 0.444 e. The maximum absolute atomic E-state index is 13.0. The van der Waals surface area contributed by atoms with E-state index >= 15 is 0 Å². The first-order valence-corrected chi connectivity index (χ1v) is 7.85. The summed E-state index contributed by atoms with van der Waals surface area (Å²) in [6, 6.07) is 15.7. The van der Waals surface area contributed by atoms with Crippen molar-refractivity contribution in [1.82, 2.24) is 9.88 Å². The molecule has 0 atom stereocenters. The van der Waals surface area contributed by atoms with E-state index in [1.807, 2.05) is 35.2 Å². The highest BCUT2D eigenvalue weighted by atomic mass is 19.1. The third kappa shape index (κ3) is 4.74. The molecule has 25 heavy (non-hydrogen) atoms. The van der Waals surface area contributed by atoms with Gasteiger partial charge in [-0.1, -0.05) is 30.3 Å². The van der Waals surface area contributed by atoms with Crippen LogP contribution in [0.5, 0.6) is 0 Å². The fraction of sp³-hybridized carbons (Fsp3) is 0.158. The lowest BCUT2D eigenvalue weighted by atomic mass is 10.2. The second-order valence-corrected chi connectivity index (χ2v) is 5.75. The van der Waals surface area contributed by atoms with Crippen molar-refractivity contribution in [2.75, 3.05) is 6.54 Å². The summed E-state index contributed by atoms with van der Waals surface area (Å²) in [6.07, 6.45) is 1.54. The van der Waals surface area contributed by atoms with Crippen LogP contribution >= 0.6 is 0 Å². The number of rotatable bonds is 7. The quantitative estimate of drug-likeness (QED) is 0.718. The molecule has 0 aliphatic carbocycles. The number of benzene rings is 2. The zero-order valence-electron chi connectivity index (χ0n) is 13.6. The molecule has 0 aliphatic heterocycles. The first kappa shape index (κ1) is 16.9. The summed E-state index contributed by atoms with van der Waals surface area (Å²) >= 11 is 0. The summed E-state index contributed by atoms with van der Waals surface area (Å²) in [5, 5.41) is 0. The molecule has 0 spiro atoms. The van der Waals surface area contributed by atoms with E-state index in [-0.39, 0.29) is 12.4 Å². The van der Waals surface area contributed by atoms with Gasteiger partial charge in [-0.25, -0.2) is 9.37 Å². The van der Waals surface area contributed by atoms with Crippen LogP contribution in [0.1, 0.15) is 11.3 Å². The van der Waals surface area contributed by atoms with Crippen LogP contribution in [-0.2, 0) is 17.9 Å². The predicted molar refractivity (Wildman–Crippen MR) is 91.6 cm³/mol. The summed E-state index contributed by atoms with van der Waals surface area (Å²) in [7, 11) is 0. The van der Waals surface area contributed by atoms with Gasteiger partial charge in [0.1, 0.15) is 12.1 Å². The van der Waals surface area contributed by atoms with Crippen LogP contribution < -0.4 is 5.73 Å². The lowest BCUT2D eigenvalue weighted by Gasteiger charge is -2.19. The Morgan fingerprint density at radius 1 is 1.08 bits per heavy atom. The molecule has 1 amide bonds. The lowest BCUT2D eigenvalue weighted by molar-refractivity contribution is -0.119. The lowest BCUT2D eigenvalue weighted by Crippen LogP contribution is -2.33. The van der Waals surface area contributed by atoms with Crippen LogP contribution in [0.15, 0.2) is 65.3 Å². The Morgan fingerprint density at radius 2 is 1.80 bits per heavy atom. The molecule has 128 valence electrons. The average molecular weight is 339 g/mol. The SMILES string of the molecule is NC(=O)CN(Cc1ccccc1)Cc1coc(-c2ccc(F)cc2)n1. The Labute approximate surface area is 144 Å². The summed E-state index contributed by atoms with van der Waals surface area (Å²) in [6.45, 7) is 1.11. The van der Waals surface area contributed by atoms with Gasteiger partial charge in [-0.05, 0) is 29.8 Å². The number of hydrogen-bond donors (Lipinski definition) is 1. The molecule has 0 fully saturated rings. The third-order valence-corrected chi connectivity index (χ3v) is 3.66. The molecule has 0 unspecified atom stereocenters. The van der Waals surface area contributed by atoms with Gasteiger partial charge in [-0.2, -0.15) is 0 Å². The molecule has 1 aromatic heterocycles. The maximum atomic E-state index is 13.0. The first-order valence-electron chi connectivity index (χ1n) is 7.85. The number of nitrogens with zero attached hydrogens (tertiary/aromatic N) is 2. The highest BCUT2D eigenvalue weighted by molar-refractivity contribution is 5.75. The van der Waals surface area contributed by atoms with Crippen molar-refractivity contribution in [2.24, 2.45) is 5.73 Å². The van der Waals surface area contributed by atoms with Gasteiger partial charge in [0.25, 0.3) is 0 Å². The van der Waals surface area contributed by atoms with Crippen LogP contribution in [0.2, 0.25) is 0 Å². The molecular formula is C19H18FN3O2. The molecule has 3 aromatic rings. The summed E-state index contributed by atoms with van der Waals surface area (Å²) in [5.74, 6) is -0.307. The van der Waals surface area contributed by atoms with E-state index < -0.39 is 5.91 Å². The van der Waals surface area contributed by atoms with Crippen molar-refractivity contribution in [3.05, 3.63) is 77.9 Å². The number of nitrogens with two attached hydrogens (primary N) is 1. The van der Waals surface area contributed by atoms with E-state index in [4.69, 9.17) is 10.2 Å². The summed E-state index contributed by atoms with van der Waals surface area (Å²) in [4.78, 5) is 17.7. The van der Waals surface area contributed by atoms with Gasteiger partial charge >= 0.3 is 0 Å². The van der Waals surface area contributed by atoms with E-state index in [0.29, 0.717) is 30.2 Å². The summed E-state index contributed by atoms with van der Waals surface area (Å²) in [5.41, 5.74) is 7.80. The van der Waals surface area contributed by atoms with Crippen molar-refractivity contribution in [3.8, 4) is 11.5 Å². The third-order valence-electron chi connectivity index (χ3n) is 3.66. The Balaban J connectivity index is 1.73. The van der Waals surface area contributed by atoms with Crippen molar-refractivity contribution < 1.29 is 13.6 Å². The van der Waals surface area contributed by atoms with Crippen LogP contribution in [0.4, 0.5) is 4.39 Å². The molecule has 2 N–H and O–H groups in total. The second kappa shape index (κ2) is 7.72. The molecule has 0 aliphatic rings. The minimum atomic E-state index is -0.404. The van der Waals surface area contributed by atoms with Crippen LogP contribution in [0.3, 0.4) is 0 Å². The zero-order valence-corrected chi connectivity index (χ0v) is 13.6. The van der Waals surface area contributed by atoms with Gasteiger partial charge in [0.2, 0.25) is 11.8 Å². The van der Waals surface area contributed by atoms with E-state index in [2.05, 4.69) is 4.98 Å². The van der Waals surface area contributed by atoms with Crippen molar-refractivity contribution in [1.29, 1.82) is 0 Å². The number of carbonyl (C=O) groups is 1. The maximum Gasteiger partial charge on any atom is 0.231 e. The average Bonchev–Trinajstić information content (AvgIpc) is 3.04. The van der Waals surface area contributed by atoms with Gasteiger partial charge in [-0.3, -0.25) is 9.69 Å². The monoisotopic (exact) mass is 339 g/mol. The van der Waals surface area contributed by atoms with E-state index in [1.165, 1.54) is 18.4 Å². The topological polar surface area (TPSA) is 72.4 Å². The fourth-order valence-electron chi connectivity index (χ4n) is 2.56. The Kier molecular flexibility index (Phi) is 5.20. The smallest absolute Gasteiger partial charge is 0.231 e.